The van der Waals surface area contributed by atoms with Crippen molar-refractivity contribution in [1.29, 1.82) is 0 Å². The number of likely N-dealkylation sites (tertiary alicyclic amines) is 1. The third-order valence-corrected chi connectivity index (χ3v) is 5.82. The molecule has 142 valence electrons. The maximum Gasteiger partial charge on any atom is 0.193 e. The second-order valence-corrected chi connectivity index (χ2v) is 7.88. The molecular weight excluding hydrogens is 332 g/mol. The lowest BCUT2D eigenvalue weighted by Gasteiger charge is -2.15. The van der Waals surface area contributed by atoms with Gasteiger partial charge in [-0.25, -0.2) is 0 Å². The van der Waals surface area contributed by atoms with Crippen LogP contribution in [0.4, 0.5) is 5.69 Å². The van der Waals surface area contributed by atoms with Crippen molar-refractivity contribution in [3.8, 4) is 0 Å². The molecule has 3 N–H and O–H groups in total. The van der Waals surface area contributed by atoms with Crippen LogP contribution in [0, 0.1) is 5.92 Å². The van der Waals surface area contributed by atoms with Crippen LogP contribution in [-0.2, 0) is 19.3 Å². The number of nitrogens with zero attached hydrogens (tertiary/aromatic N) is 2. The monoisotopic (exact) mass is 362 g/mol. The molecule has 4 nitrogen and oxygen atoms in total. The maximum absolute atomic E-state index is 6.12. The molecule has 27 heavy (non-hydrogen) atoms. The number of nitrogens with two attached hydrogens (primary N) is 1. The summed E-state index contributed by atoms with van der Waals surface area (Å²) in [5, 5.41) is 3.27. The summed E-state index contributed by atoms with van der Waals surface area (Å²) in [6, 6.07) is 17.3. The van der Waals surface area contributed by atoms with E-state index >= 15 is 0 Å². The van der Waals surface area contributed by atoms with Gasteiger partial charge in [0, 0.05) is 25.3 Å². The fraction of sp³-hybridized carbons (Fsp3) is 0.435. The normalized spacial score (nSPS) is 20.0. The van der Waals surface area contributed by atoms with Crippen molar-refractivity contribution in [1.82, 2.24) is 4.90 Å². The van der Waals surface area contributed by atoms with Crippen LogP contribution < -0.4 is 11.1 Å². The van der Waals surface area contributed by atoms with Gasteiger partial charge in [0.25, 0.3) is 0 Å². The minimum Gasteiger partial charge on any atom is -0.370 e. The Morgan fingerprint density at radius 1 is 1.11 bits per heavy atom. The minimum absolute atomic E-state index is 0.538. The van der Waals surface area contributed by atoms with Gasteiger partial charge in [-0.3, -0.25) is 4.99 Å². The van der Waals surface area contributed by atoms with E-state index in [0.717, 1.165) is 31.7 Å². The topological polar surface area (TPSA) is 53.6 Å². The van der Waals surface area contributed by atoms with Crippen molar-refractivity contribution in [3.63, 3.8) is 0 Å². The number of aryl methyl sites for hydroxylation is 2. The first-order chi connectivity index (χ1) is 13.3. The number of fused-ring (bicyclic) bond motifs is 1. The molecule has 1 saturated heterocycles. The lowest BCUT2D eigenvalue weighted by atomic mass is 10.1. The van der Waals surface area contributed by atoms with E-state index in [1.54, 1.807) is 0 Å². The van der Waals surface area contributed by atoms with Crippen molar-refractivity contribution < 1.29 is 0 Å². The third-order valence-electron chi connectivity index (χ3n) is 5.82. The summed E-state index contributed by atoms with van der Waals surface area (Å²) < 4.78 is 0. The zero-order chi connectivity index (χ0) is 18.5. The Labute approximate surface area is 162 Å². The molecule has 4 heteroatoms. The van der Waals surface area contributed by atoms with Crippen LogP contribution in [-0.4, -0.2) is 37.0 Å². The summed E-state index contributed by atoms with van der Waals surface area (Å²) in [5.41, 5.74) is 11.5. The number of guanidine groups is 1. The van der Waals surface area contributed by atoms with E-state index in [4.69, 9.17) is 5.73 Å². The van der Waals surface area contributed by atoms with Gasteiger partial charge in [0.15, 0.2) is 5.96 Å². The Kier molecular flexibility index (Phi) is 5.73. The zero-order valence-electron chi connectivity index (χ0n) is 16.0. The second kappa shape index (κ2) is 8.57. The number of anilines is 1. The molecular formula is C23H30N4. The highest BCUT2D eigenvalue weighted by molar-refractivity contribution is 5.92. The molecule has 0 bridgehead atoms. The van der Waals surface area contributed by atoms with E-state index in [1.807, 2.05) is 0 Å². The van der Waals surface area contributed by atoms with Crippen molar-refractivity contribution in [2.24, 2.45) is 16.6 Å². The van der Waals surface area contributed by atoms with Crippen molar-refractivity contribution in [3.05, 3.63) is 65.2 Å². The van der Waals surface area contributed by atoms with Gasteiger partial charge in [-0.2, -0.15) is 0 Å². The van der Waals surface area contributed by atoms with Gasteiger partial charge in [0.05, 0.1) is 0 Å². The molecule has 1 unspecified atom stereocenters. The molecule has 0 radical (unpaired) electrons. The summed E-state index contributed by atoms with van der Waals surface area (Å²) in [5.74, 6) is 1.15. The van der Waals surface area contributed by atoms with Crippen LogP contribution in [0.3, 0.4) is 0 Å². The largest absolute Gasteiger partial charge is 0.370 e. The lowest BCUT2D eigenvalue weighted by molar-refractivity contribution is 0.330. The fourth-order valence-electron chi connectivity index (χ4n) is 4.26. The molecule has 1 heterocycles. The van der Waals surface area contributed by atoms with Gasteiger partial charge in [-0.1, -0.05) is 36.4 Å². The quantitative estimate of drug-likeness (QED) is 0.611. The van der Waals surface area contributed by atoms with Gasteiger partial charge in [0.2, 0.25) is 0 Å². The number of hydrogen-bond acceptors (Lipinski definition) is 2. The highest BCUT2D eigenvalue weighted by Crippen LogP contribution is 2.24. The molecule has 4 rings (SSSR count). The van der Waals surface area contributed by atoms with E-state index in [1.165, 1.54) is 48.9 Å². The summed E-state index contributed by atoms with van der Waals surface area (Å²) >= 11 is 0. The molecule has 0 aromatic heterocycles. The highest BCUT2D eigenvalue weighted by atomic mass is 15.2. The molecule has 0 spiro atoms. The number of benzene rings is 2. The van der Waals surface area contributed by atoms with E-state index in [9.17, 15) is 0 Å². The Balaban J connectivity index is 1.22. The number of nitrogens with one attached hydrogen (secondary N) is 1. The Hall–Kier alpha value is -2.33. The van der Waals surface area contributed by atoms with Crippen LogP contribution in [0.15, 0.2) is 53.5 Å². The molecule has 0 saturated carbocycles. The summed E-state index contributed by atoms with van der Waals surface area (Å²) in [6.45, 7) is 4.24. The molecule has 1 aliphatic carbocycles. The number of aliphatic imine (C=N–C) groups is 1. The zero-order valence-corrected chi connectivity index (χ0v) is 16.0. The van der Waals surface area contributed by atoms with Crippen molar-refractivity contribution >= 4 is 11.6 Å². The summed E-state index contributed by atoms with van der Waals surface area (Å²) in [4.78, 5) is 7.16. The van der Waals surface area contributed by atoms with E-state index in [-0.39, 0.29) is 0 Å². The SMILES string of the molecule is NC(=NCC1CCN(CCc2ccccc2)C1)Nc1ccc2c(c1)CCC2. The summed E-state index contributed by atoms with van der Waals surface area (Å²) in [7, 11) is 0. The van der Waals surface area contributed by atoms with Gasteiger partial charge < -0.3 is 16.0 Å². The Morgan fingerprint density at radius 3 is 2.85 bits per heavy atom. The number of rotatable bonds is 6. The van der Waals surface area contributed by atoms with Crippen molar-refractivity contribution in [2.75, 3.05) is 31.5 Å². The van der Waals surface area contributed by atoms with E-state index < -0.39 is 0 Å². The van der Waals surface area contributed by atoms with Crippen LogP contribution in [0.25, 0.3) is 0 Å². The van der Waals surface area contributed by atoms with Crippen LogP contribution >= 0.6 is 0 Å². The smallest absolute Gasteiger partial charge is 0.193 e. The lowest BCUT2D eigenvalue weighted by Crippen LogP contribution is -2.26. The molecule has 2 aromatic carbocycles. The van der Waals surface area contributed by atoms with Gasteiger partial charge in [-0.15, -0.1) is 0 Å². The molecule has 1 aliphatic heterocycles. The van der Waals surface area contributed by atoms with Crippen LogP contribution in [0.1, 0.15) is 29.5 Å². The standard InChI is InChI=1S/C23H30N4/c24-23(26-22-10-9-20-7-4-8-21(20)15-22)25-16-19-12-14-27(17-19)13-11-18-5-2-1-3-6-18/h1-3,5-6,9-10,15,19H,4,7-8,11-14,16-17H2,(H3,24,25,26). The van der Waals surface area contributed by atoms with Crippen LogP contribution in [0.2, 0.25) is 0 Å². The van der Waals surface area contributed by atoms with E-state index in [0.29, 0.717) is 11.9 Å². The predicted octanol–water partition coefficient (Wildman–Crippen LogP) is 3.47. The minimum atomic E-state index is 0.538. The second-order valence-electron chi connectivity index (χ2n) is 7.88. The Morgan fingerprint density at radius 2 is 1.96 bits per heavy atom. The average Bonchev–Trinajstić information content (AvgIpc) is 3.34. The summed E-state index contributed by atoms with van der Waals surface area (Å²) in [6.07, 6.45) is 6.00. The van der Waals surface area contributed by atoms with Gasteiger partial charge in [-0.05, 0) is 73.4 Å². The predicted molar refractivity (Wildman–Crippen MR) is 113 cm³/mol. The van der Waals surface area contributed by atoms with Crippen molar-refractivity contribution in [2.45, 2.75) is 32.1 Å². The molecule has 2 aliphatic rings. The van der Waals surface area contributed by atoms with Gasteiger partial charge in [0.1, 0.15) is 0 Å². The first-order valence-corrected chi connectivity index (χ1v) is 10.2. The fourth-order valence-corrected chi connectivity index (χ4v) is 4.26. The molecule has 1 fully saturated rings. The first-order valence-electron chi connectivity index (χ1n) is 10.2. The van der Waals surface area contributed by atoms with E-state index in [2.05, 4.69) is 63.7 Å². The Bertz CT molecular complexity index is 784. The van der Waals surface area contributed by atoms with Crippen LogP contribution in [0.5, 0.6) is 0 Å². The molecule has 2 aromatic rings. The number of hydrogen-bond donors (Lipinski definition) is 2. The first kappa shape index (κ1) is 18.1. The third kappa shape index (κ3) is 4.89. The average molecular weight is 363 g/mol. The molecule has 1 atom stereocenters. The highest BCUT2D eigenvalue weighted by Gasteiger charge is 2.21. The van der Waals surface area contributed by atoms with Gasteiger partial charge >= 0.3 is 0 Å². The maximum atomic E-state index is 6.12. The molecule has 0 amide bonds.